The van der Waals surface area contributed by atoms with Crippen molar-refractivity contribution in [1.29, 1.82) is 0 Å². The van der Waals surface area contributed by atoms with E-state index in [0.717, 1.165) is 29.6 Å². The van der Waals surface area contributed by atoms with Crippen LogP contribution < -0.4 is 0 Å². The Balaban J connectivity index is 1.87. The van der Waals surface area contributed by atoms with Gasteiger partial charge in [-0.1, -0.05) is 26.2 Å². The van der Waals surface area contributed by atoms with Crippen molar-refractivity contribution in [3.63, 3.8) is 0 Å². The van der Waals surface area contributed by atoms with Gasteiger partial charge in [-0.05, 0) is 55.3 Å². The van der Waals surface area contributed by atoms with Gasteiger partial charge in [0.25, 0.3) is 0 Å². The van der Waals surface area contributed by atoms with Crippen LogP contribution >= 0.6 is 0 Å². The van der Waals surface area contributed by atoms with E-state index in [0.29, 0.717) is 0 Å². The molecule has 3 rings (SSSR count). The summed E-state index contributed by atoms with van der Waals surface area (Å²) >= 11 is 0. The minimum atomic E-state index is 1.06. The maximum atomic E-state index is 2.52. The summed E-state index contributed by atoms with van der Waals surface area (Å²) in [5, 5.41) is 0. The van der Waals surface area contributed by atoms with E-state index >= 15 is 0 Å². The van der Waals surface area contributed by atoms with Gasteiger partial charge >= 0.3 is 0 Å². The molecule has 5 unspecified atom stereocenters. The predicted molar refractivity (Wildman–Crippen MR) is 55.4 cm³/mol. The summed E-state index contributed by atoms with van der Waals surface area (Å²) in [6, 6.07) is 0. The Bertz CT molecular complexity index is 194. The Morgan fingerprint density at radius 2 is 1.46 bits per heavy atom. The van der Waals surface area contributed by atoms with Crippen LogP contribution in [0.25, 0.3) is 0 Å². The lowest BCUT2D eigenvalue weighted by atomic mass is 9.63. The minimum absolute atomic E-state index is 1.06. The third kappa shape index (κ3) is 1.33. The zero-order chi connectivity index (χ0) is 8.84. The molecule has 13 heavy (non-hydrogen) atoms. The van der Waals surface area contributed by atoms with Gasteiger partial charge in [-0.25, -0.2) is 0 Å². The molecule has 0 aromatic carbocycles. The van der Waals surface area contributed by atoms with E-state index in [-0.39, 0.29) is 0 Å². The van der Waals surface area contributed by atoms with Crippen molar-refractivity contribution in [3.05, 3.63) is 0 Å². The van der Waals surface area contributed by atoms with Crippen LogP contribution in [0.3, 0.4) is 0 Å². The first-order valence-corrected chi connectivity index (χ1v) is 6.33. The molecule has 0 aliphatic heterocycles. The van der Waals surface area contributed by atoms with Gasteiger partial charge in [-0.3, -0.25) is 0 Å². The molecule has 3 fully saturated rings. The van der Waals surface area contributed by atoms with Gasteiger partial charge in [0.15, 0.2) is 0 Å². The van der Waals surface area contributed by atoms with E-state index in [1.165, 1.54) is 0 Å². The predicted octanol–water partition coefficient (Wildman–Crippen LogP) is 3.86. The SMILES string of the molecule is CC1CC2CCC3CCC1C(C3)C2. The van der Waals surface area contributed by atoms with Crippen molar-refractivity contribution < 1.29 is 0 Å². The molecule has 5 atom stereocenters. The van der Waals surface area contributed by atoms with Gasteiger partial charge < -0.3 is 0 Å². The Morgan fingerprint density at radius 3 is 2.38 bits per heavy atom. The molecular formula is C13H22. The standard InChI is InChI=1S/C13H22/c1-9-6-11-3-2-10-4-5-13(9)12(7-10)8-11/h9-13H,2-8H2,1H3. The molecule has 0 radical (unpaired) electrons. The first kappa shape index (κ1) is 8.32. The summed E-state index contributed by atoms with van der Waals surface area (Å²) in [6.45, 7) is 2.52. The summed E-state index contributed by atoms with van der Waals surface area (Å²) < 4.78 is 0. The van der Waals surface area contributed by atoms with Gasteiger partial charge in [-0.15, -0.1) is 0 Å². The van der Waals surface area contributed by atoms with E-state index in [1.54, 1.807) is 44.9 Å². The topological polar surface area (TPSA) is 0 Å². The van der Waals surface area contributed by atoms with E-state index < -0.39 is 0 Å². The molecule has 0 heteroatoms. The highest BCUT2D eigenvalue weighted by Crippen LogP contribution is 2.52. The fourth-order valence-electron chi connectivity index (χ4n) is 4.60. The molecule has 3 saturated carbocycles. The molecule has 3 aliphatic rings. The fourth-order valence-corrected chi connectivity index (χ4v) is 4.60. The van der Waals surface area contributed by atoms with Crippen LogP contribution in [0.4, 0.5) is 0 Å². The quantitative estimate of drug-likeness (QED) is 0.528. The maximum Gasteiger partial charge on any atom is -0.0360 e. The van der Waals surface area contributed by atoms with Crippen LogP contribution in [0.5, 0.6) is 0 Å². The second-order valence-electron chi connectivity index (χ2n) is 6.00. The average molecular weight is 178 g/mol. The van der Waals surface area contributed by atoms with Gasteiger partial charge in [0.05, 0.1) is 0 Å². The molecule has 3 aliphatic carbocycles. The van der Waals surface area contributed by atoms with Gasteiger partial charge in [0.2, 0.25) is 0 Å². The molecule has 74 valence electrons. The number of fused-ring (bicyclic) bond motifs is 2. The van der Waals surface area contributed by atoms with Crippen molar-refractivity contribution in [1.82, 2.24) is 0 Å². The summed E-state index contributed by atoms with van der Waals surface area (Å²) in [4.78, 5) is 0. The number of hydrogen-bond acceptors (Lipinski definition) is 0. The molecule has 0 amide bonds. The summed E-state index contributed by atoms with van der Waals surface area (Å²) in [6.07, 6.45) is 11.0. The summed E-state index contributed by atoms with van der Waals surface area (Å²) in [5.41, 5.74) is 0. The lowest BCUT2D eigenvalue weighted by Gasteiger charge is -2.42. The van der Waals surface area contributed by atoms with Gasteiger partial charge in [-0.2, -0.15) is 0 Å². The molecule has 0 N–H and O–H groups in total. The molecular weight excluding hydrogens is 156 g/mol. The monoisotopic (exact) mass is 178 g/mol. The Hall–Kier alpha value is 0. The Morgan fingerprint density at radius 1 is 0.769 bits per heavy atom. The van der Waals surface area contributed by atoms with Gasteiger partial charge in [0, 0.05) is 0 Å². The zero-order valence-electron chi connectivity index (χ0n) is 8.84. The molecule has 0 saturated heterocycles. The van der Waals surface area contributed by atoms with Crippen LogP contribution in [0.15, 0.2) is 0 Å². The Kier molecular flexibility index (Phi) is 1.92. The highest BCUT2D eigenvalue weighted by molar-refractivity contribution is 4.92. The van der Waals surface area contributed by atoms with Crippen LogP contribution in [0.2, 0.25) is 0 Å². The van der Waals surface area contributed by atoms with Crippen molar-refractivity contribution in [2.75, 3.05) is 0 Å². The highest BCUT2D eigenvalue weighted by atomic mass is 14.5. The first-order chi connectivity index (χ1) is 6.33. The van der Waals surface area contributed by atoms with E-state index in [2.05, 4.69) is 6.92 Å². The highest BCUT2D eigenvalue weighted by Gasteiger charge is 2.41. The largest absolute Gasteiger partial charge is 0.0622 e. The second-order valence-corrected chi connectivity index (χ2v) is 6.00. The summed E-state index contributed by atoms with van der Waals surface area (Å²) in [7, 11) is 0. The third-order valence-corrected chi connectivity index (χ3v) is 5.21. The van der Waals surface area contributed by atoms with E-state index in [1.807, 2.05) is 0 Å². The lowest BCUT2D eigenvalue weighted by Crippen LogP contribution is -2.33. The third-order valence-electron chi connectivity index (χ3n) is 5.21. The molecule has 0 aromatic heterocycles. The smallest absolute Gasteiger partial charge is 0.0360 e. The van der Waals surface area contributed by atoms with Crippen LogP contribution in [-0.4, -0.2) is 0 Å². The van der Waals surface area contributed by atoms with Crippen molar-refractivity contribution >= 4 is 0 Å². The summed E-state index contributed by atoms with van der Waals surface area (Å²) in [5.74, 6) is 5.60. The Labute approximate surface area is 82.1 Å². The van der Waals surface area contributed by atoms with E-state index in [4.69, 9.17) is 0 Å². The first-order valence-electron chi connectivity index (χ1n) is 6.33. The van der Waals surface area contributed by atoms with Crippen LogP contribution in [0, 0.1) is 29.6 Å². The fraction of sp³-hybridized carbons (Fsp3) is 1.00. The van der Waals surface area contributed by atoms with Gasteiger partial charge in [0.1, 0.15) is 0 Å². The minimum Gasteiger partial charge on any atom is -0.0622 e. The normalized spacial score (nSPS) is 54.7. The van der Waals surface area contributed by atoms with Crippen molar-refractivity contribution in [2.45, 2.75) is 51.9 Å². The molecule has 0 spiro atoms. The maximum absolute atomic E-state index is 2.52. The van der Waals surface area contributed by atoms with Crippen molar-refractivity contribution in [2.24, 2.45) is 29.6 Å². The molecule has 0 nitrogen and oxygen atoms in total. The zero-order valence-corrected chi connectivity index (χ0v) is 8.84. The molecule has 0 aromatic rings. The van der Waals surface area contributed by atoms with E-state index in [9.17, 15) is 0 Å². The lowest BCUT2D eigenvalue weighted by molar-refractivity contribution is 0.0770. The average Bonchev–Trinajstić information content (AvgIpc) is 2.19. The number of rotatable bonds is 0. The molecule has 3 bridgehead atoms. The number of hydrogen-bond donors (Lipinski definition) is 0. The van der Waals surface area contributed by atoms with Crippen molar-refractivity contribution in [3.8, 4) is 0 Å². The molecule has 0 heterocycles. The van der Waals surface area contributed by atoms with Crippen LogP contribution in [-0.2, 0) is 0 Å². The second kappa shape index (κ2) is 3.00. The van der Waals surface area contributed by atoms with Crippen LogP contribution in [0.1, 0.15) is 51.9 Å².